The van der Waals surface area contributed by atoms with E-state index in [2.05, 4.69) is 190 Å². The van der Waals surface area contributed by atoms with Gasteiger partial charge in [0, 0.05) is 91.4 Å². The Morgan fingerprint density at radius 3 is 1.05 bits per heavy atom. The Bertz CT molecular complexity index is 2850. The van der Waals surface area contributed by atoms with Crippen LogP contribution in [0.2, 0.25) is 0 Å². The number of H-pyrrole nitrogens is 4. The average Bonchev–Trinajstić information content (AvgIpc) is 4.10. The molecular weight excluding hydrogens is 725 g/mol. The molecule has 6 nitrogen and oxygen atoms in total. The number of aromatic amines is 4. The molecule has 0 aliphatic rings. The van der Waals surface area contributed by atoms with Crippen molar-refractivity contribution in [2.45, 2.75) is 18.3 Å². The third kappa shape index (κ3) is 6.48. The van der Waals surface area contributed by atoms with Crippen LogP contribution in [0.15, 0.2) is 158 Å². The van der Waals surface area contributed by atoms with Gasteiger partial charge in [0.15, 0.2) is 0 Å². The summed E-state index contributed by atoms with van der Waals surface area (Å²) >= 11 is 0. The topological polar surface area (TPSA) is 81.6 Å². The molecule has 4 aromatic heterocycles. The van der Waals surface area contributed by atoms with Crippen molar-refractivity contribution in [2.24, 2.45) is 0 Å². The first-order chi connectivity index (χ1) is 29.2. The van der Waals surface area contributed by atoms with Crippen molar-refractivity contribution in [1.29, 1.82) is 0 Å². The van der Waals surface area contributed by atoms with Crippen LogP contribution in [0.25, 0.3) is 43.6 Å². The van der Waals surface area contributed by atoms with E-state index in [0.717, 1.165) is 99.6 Å². The molecule has 0 atom stereocenters. The minimum absolute atomic E-state index is 0.159. The van der Waals surface area contributed by atoms with Crippen molar-refractivity contribution in [1.82, 2.24) is 19.9 Å². The fourth-order valence-electron chi connectivity index (χ4n) is 8.94. The second-order valence-electron chi connectivity index (χ2n) is 14.9. The van der Waals surface area contributed by atoms with E-state index < -0.39 is 0 Å². The second-order valence-corrected chi connectivity index (χ2v) is 14.9. The van der Waals surface area contributed by atoms with E-state index in [0.29, 0.717) is 6.42 Å². The van der Waals surface area contributed by atoms with E-state index in [-0.39, 0.29) is 25.0 Å². The summed E-state index contributed by atoms with van der Waals surface area (Å²) in [4.78, 5) is 14.1. The van der Waals surface area contributed by atoms with Crippen LogP contribution in [0.1, 0.15) is 56.3 Å². The van der Waals surface area contributed by atoms with Crippen molar-refractivity contribution < 1.29 is 9.47 Å². The van der Waals surface area contributed by atoms with Gasteiger partial charge in [0.1, 0.15) is 24.7 Å². The number of aromatic nitrogens is 4. The van der Waals surface area contributed by atoms with Gasteiger partial charge < -0.3 is 29.4 Å². The fraction of sp³-hybridized carbons (Fsp3) is 0.0943. The monoisotopic (exact) mass is 764 g/mol. The molecule has 10 aromatic rings. The molecule has 0 aliphatic carbocycles. The summed E-state index contributed by atoms with van der Waals surface area (Å²) in [5.41, 5.74) is 13.3. The van der Waals surface area contributed by atoms with Crippen molar-refractivity contribution in [3.05, 3.63) is 203 Å². The van der Waals surface area contributed by atoms with Crippen LogP contribution in [0.4, 0.5) is 0 Å². The first-order valence-electron chi connectivity index (χ1n) is 19.8. The van der Waals surface area contributed by atoms with Gasteiger partial charge in [-0.2, -0.15) is 0 Å². The molecule has 0 amide bonds. The van der Waals surface area contributed by atoms with E-state index in [4.69, 9.17) is 22.3 Å². The lowest BCUT2D eigenvalue weighted by atomic mass is 9.82. The summed E-state index contributed by atoms with van der Waals surface area (Å²) in [6, 6.07) is 46.8. The van der Waals surface area contributed by atoms with Crippen LogP contribution >= 0.6 is 0 Å². The number of hydrogen-bond acceptors (Lipinski definition) is 2. The number of fused-ring (bicyclic) bond motifs is 4. The fourth-order valence-corrected chi connectivity index (χ4v) is 8.94. The highest BCUT2D eigenvalue weighted by Gasteiger charge is 2.29. The van der Waals surface area contributed by atoms with Gasteiger partial charge in [-0.15, -0.1) is 12.8 Å². The highest BCUT2D eigenvalue weighted by Crippen LogP contribution is 2.45. The van der Waals surface area contributed by atoms with Gasteiger partial charge in [-0.3, -0.25) is 0 Å². The predicted octanol–water partition coefficient (Wildman–Crippen LogP) is 11.6. The van der Waals surface area contributed by atoms with Gasteiger partial charge >= 0.3 is 0 Å². The maximum atomic E-state index is 6.35. The summed E-state index contributed by atoms with van der Waals surface area (Å²) in [6.07, 6.45) is 20.7. The van der Waals surface area contributed by atoms with Crippen LogP contribution in [-0.4, -0.2) is 33.1 Å². The Kier molecular flexibility index (Phi) is 9.22. The molecule has 4 heterocycles. The quantitative estimate of drug-likeness (QED) is 0.0935. The molecule has 284 valence electrons. The minimum atomic E-state index is -0.168. The largest absolute Gasteiger partial charge is 0.481 e. The molecule has 6 heteroatoms. The van der Waals surface area contributed by atoms with Gasteiger partial charge in [0.05, 0.1) is 0 Å². The molecule has 0 unspecified atom stereocenters. The summed E-state index contributed by atoms with van der Waals surface area (Å²) < 4.78 is 12.7. The zero-order valence-electron chi connectivity index (χ0n) is 32.3. The molecule has 0 saturated carbocycles. The van der Waals surface area contributed by atoms with Gasteiger partial charge in [-0.05, 0) is 76.2 Å². The standard InChI is InChI=1S/C53H40N4O2/c1-3-25-58-50-23-21-34(28-40(50)52(42-30-54-46-17-9-5-13-36(42)46)43-31-55-47-18-10-6-14-37(43)47)27-35-22-24-51(59-26-4-2)41(29-35)53(44-32-56-48-19-11-7-15-38(44)48)45-33-57-49-20-12-8-16-39(45)49/h1-2,5-24,28-33,52-57H,25-27H2. The maximum absolute atomic E-state index is 6.35. The Labute approximate surface area is 342 Å². The van der Waals surface area contributed by atoms with E-state index >= 15 is 0 Å². The maximum Gasteiger partial charge on any atom is 0.148 e. The zero-order valence-corrected chi connectivity index (χ0v) is 32.3. The molecule has 0 fully saturated rings. The highest BCUT2D eigenvalue weighted by atomic mass is 16.5. The lowest BCUT2D eigenvalue weighted by Gasteiger charge is -2.23. The first kappa shape index (κ1) is 35.6. The predicted molar refractivity (Wildman–Crippen MR) is 239 cm³/mol. The summed E-state index contributed by atoms with van der Waals surface area (Å²) in [5.74, 6) is 6.54. The van der Waals surface area contributed by atoms with Crippen LogP contribution in [0, 0.1) is 24.7 Å². The highest BCUT2D eigenvalue weighted by molar-refractivity contribution is 5.91. The number of rotatable bonds is 12. The van der Waals surface area contributed by atoms with Crippen molar-refractivity contribution >= 4 is 43.6 Å². The molecule has 59 heavy (non-hydrogen) atoms. The van der Waals surface area contributed by atoms with Gasteiger partial charge in [-0.1, -0.05) is 109 Å². The second kappa shape index (κ2) is 15.3. The van der Waals surface area contributed by atoms with E-state index in [1.54, 1.807) is 0 Å². The van der Waals surface area contributed by atoms with E-state index in [9.17, 15) is 0 Å². The number of hydrogen-bond donors (Lipinski definition) is 4. The molecule has 10 rings (SSSR count). The van der Waals surface area contributed by atoms with Crippen LogP contribution < -0.4 is 9.47 Å². The van der Waals surface area contributed by atoms with Gasteiger partial charge in [-0.25, -0.2) is 0 Å². The van der Waals surface area contributed by atoms with E-state index in [1.807, 2.05) is 0 Å². The first-order valence-corrected chi connectivity index (χ1v) is 19.8. The molecular formula is C53H40N4O2. The smallest absolute Gasteiger partial charge is 0.148 e. The number of terminal acetylenes is 2. The lowest BCUT2D eigenvalue weighted by Crippen LogP contribution is -2.09. The summed E-state index contributed by atoms with van der Waals surface area (Å²) in [5, 5.41) is 4.63. The Morgan fingerprint density at radius 2 is 0.729 bits per heavy atom. The molecule has 4 N–H and O–H groups in total. The molecule has 6 aromatic carbocycles. The minimum Gasteiger partial charge on any atom is -0.481 e. The van der Waals surface area contributed by atoms with Gasteiger partial charge in [0.2, 0.25) is 0 Å². The SMILES string of the molecule is C#CCOc1ccc(Cc2ccc(OCC#C)c(C(c3c[nH]c4ccccc34)c3c[nH]c4ccccc34)c2)cc1C(c1c[nH]c2ccccc12)c1c[nH]c2ccccc12. The van der Waals surface area contributed by atoms with Crippen LogP contribution in [-0.2, 0) is 6.42 Å². The normalized spacial score (nSPS) is 11.5. The average molecular weight is 765 g/mol. The molecule has 0 aliphatic heterocycles. The molecule has 0 spiro atoms. The van der Waals surface area contributed by atoms with Crippen molar-refractivity contribution in [3.63, 3.8) is 0 Å². The molecule has 0 bridgehead atoms. The third-order valence-electron chi connectivity index (χ3n) is 11.5. The summed E-state index contributed by atoms with van der Waals surface area (Å²) in [6.45, 7) is 0.318. The molecule has 0 saturated heterocycles. The Hall–Kier alpha value is -7.80. The Morgan fingerprint density at radius 1 is 0.407 bits per heavy atom. The zero-order chi connectivity index (χ0) is 39.7. The molecule has 0 radical (unpaired) electrons. The third-order valence-corrected chi connectivity index (χ3v) is 11.5. The number of benzene rings is 6. The van der Waals surface area contributed by atoms with Crippen molar-refractivity contribution in [3.8, 4) is 36.2 Å². The van der Waals surface area contributed by atoms with E-state index in [1.165, 1.54) is 0 Å². The Balaban J connectivity index is 1.13. The van der Waals surface area contributed by atoms with Gasteiger partial charge in [0.25, 0.3) is 0 Å². The summed E-state index contributed by atoms with van der Waals surface area (Å²) in [7, 11) is 0. The number of ether oxygens (including phenoxy) is 2. The number of para-hydroxylation sites is 4. The lowest BCUT2D eigenvalue weighted by molar-refractivity contribution is 0.365. The van der Waals surface area contributed by atoms with Crippen molar-refractivity contribution in [2.75, 3.05) is 13.2 Å². The van der Waals surface area contributed by atoms with Crippen LogP contribution in [0.5, 0.6) is 11.5 Å². The van der Waals surface area contributed by atoms with Crippen LogP contribution in [0.3, 0.4) is 0 Å². The number of nitrogens with one attached hydrogen (secondary N) is 4.